The summed E-state index contributed by atoms with van der Waals surface area (Å²) in [5.74, 6) is -0.837. The first-order valence-electron chi connectivity index (χ1n) is 3.46. The molecule has 62 valence electrons. The van der Waals surface area contributed by atoms with Crippen LogP contribution in [0.15, 0.2) is 0 Å². The predicted molar refractivity (Wildman–Crippen MR) is 37.7 cm³/mol. The summed E-state index contributed by atoms with van der Waals surface area (Å²) >= 11 is 0. The van der Waals surface area contributed by atoms with Gasteiger partial charge in [-0.1, -0.05) is 0 Å². The highest BCUT2D eigenvalue weighted by atomic mass is 16.4. The molecule has 1 atom stereocenters. The van der Waals surface area contributed by atoms with E-state index in [0.717, 1.165) is 0 Å². The van der Waals surface area contributed by atoms with E-state index in [2.05, 4.69) is 0 Å². The third-order valence-electron chi connectivity index (χ3n) is 1.27. The third kappa shape index (κ3) is 6.81. The molecule has 0 saturated carbocycles. The lowest BCUT2D eigenvalue weighted by atomic mass is 10.1. The van der Waals surface area contributed by atoms with Gasteiger partial charge in [-0.15, -0.1) is 0 Å². The minimum Gasteiger partial charge on any atom is -0.481 e. The highest BCUT2D eigenvalue weighted by Gasteiger charge is 2.01. The van der Waals surface area contributed by atoms with Gasteiger partial charge in [0.05, 0.1) is 6.07 Å². The lowest BCUT2D eigenvalue weighted by molar-refractivity contribution is -0.137. The summed E-state index contributed by atoms with van der Waals surface area (Å²) in [5.41, 5.74) is 0. The quantitative estimate of drug-likeness (QED) is 0.450. The molecule has 0 aliphatic carbocycles. The number of aliphatic carboxylic acids is 1. The van der Waals surface area contributed by atoms with Gasteiger partial charge in [-0.2, -0.15) is 5.26 Å². The molecule has 0 spiro atoms. The molecule has 0 heterocycles. The third-order valence-corrected chi connectivity index (χ3v) is 1.27. The number of nitrogens with zero attached hydrogens (tertiary/aromatic N) is 1. The van der Waals surface area contributed by atoms with Gasteiger partial charge in [-0.05, 0) is 19.3 Å². The zero-order chi connectivity index (χ0) is 8.69. The van der Waals surface area contributed by atoms with E-state index in [1.807, 2.05) is 0 Å². The molecule has 0 rings (SSSR count). The fourth-order valence-corrected chi connectivity index (χ4v) is 0.678. The number of hydrogen-bond acceptors (Lipinski definition) is 3. The highest BCUT2D eigenvalue weighted by Crippen LogP contribution is 2.02. The van der Waals surface area contributed by atoms with Crippen LogP contribution in [0.1, 0.15) is 25.7 Å². The average Bonchev–Trinajstić information content (AvgIpc) is 1.97. The second-order valence-electron chi connectivity index (χ2n) is 2.28. The van der Waals surface area contributed by atoms with Crippen molar-refractivity contribution in [3.63, 3.8) is 0 Å². The number of hydrogen-bond donors (Lipinski definition) is 2. The van der Waals surface area contributed by atoms with Crippen LogP contribution < -0.4 is 0 Å². The lowest BCUT2D eigenvalue weighted by Crippen LogP contribution is -2.02. The van der Waals surface area contributed by atoms with Crippen molar-refractivity contribution in [2.75, 3.05) is 0 Å². The molecule has 4 nitrogen and oxygen atoms in total. The van der Waals surface area contributed by atoms with E-state index in [0.29, 0.717) is 19.3 Å². The van der Waals surface area contributed by atoms with Crippen molar-refractivity contribution >= 4 is 5.97 Å². The molecule has 11 heavy (non-hydrogen) atoms. The van der Waals surface area contributed by atoms with Crippen LogP contribution in [0.4, 0.5) is 0 Å². The standard InChI is InChI=1S/C7H11NO3/c8-5-6(9)3-1-2-4-7(10)11/h6,9H,1-4H2,(H,10,11)/t6-/m1/s1. The van der Waals surface area contributed by atoms with Crippen LogP contribution in [0.25, 0.3) is 0 Å². The maximum absolute atomic E-state index is 9.99. The van der Waals surface area contributed by atoms with Gasteiger partial charge < -0.3 is 10.2 Å². The van der Waals surface area contributed by atoms with E-state index in [-0.39, 0.29) is 6.42 Å². The second-order valence-corrected chi connectivity index (χ2v) is 2.28. The first-order chi connectivity index (χ1) is 5.16. The first kappa shape index (κ1) is 9.92. The Balaban J connectivity index is 3.16. The van der Waals surface area contributed by atoms with Crippen molar-refractivity contribution in [2.45, 2.75) is 31.8 Å². The van der Waals surface area contributed by atoms with Gasteiger partial charge >= 0.3 is 5.97 Å². The van der Waals surface area contributed by atoms with Crippen LogP contribution in [-0.2, 0) is 4.79 Å². The first-order valence-corrected chi connectivity index (χ1v) is 3.46. The largest absolute Gasteiger partial charge is 0.481 e. The minimum atomic E-state index is -0.941. The smallest absolute Gasteiger partial charge is 0.303 e. The normalized spacial score (nSPS) is 12.0. The fraction of sp³-hybridized carbons (Fsp3) is 0.714. The molecule has 0 radical (unpaired) electrons. The zero-order valence-electron chi connectivity index (χ0n) is 6.16. The van der Waals surface area contributed by atoms with Crippen LogP contribution in [0.5, 0.6) is 0 Å². The fourth-order valence-electron chi connectivity index (χ4n) is 0.678. The van der Waals surface area contributed by atoms with E-state index < -0.39 is 12.1 Å². The summed E-state index contributed by atoms with van der Waals surface area (Å²) in [6.07, 6.45) is 0.639. The van der Waals surface area contributed by atoms with Crippen molar-refractivity contribution in [2.24, 2.45) is 0 Å². The van der Waals surface area contributed by atoms with Crippen molar-refractivity contribution in [1.29, 1.82) is 5.26 Å². The van der Waals surface area contributed by atoms with Gasteiger partial charge in [-0.25, -0.2) is 0 Å². The van der Waals surface area contributed by atoms with Crippen molar-refractivity contribution in [3.05, 3.63) is 0 Å². The maximum atomic E-state index is 9.99. The molecule has 2 N–H and O–H groups in total. The molecule has 0 saturated heterocycles. The molecule has 0 aromatic rings. The second kappa shape index (κ2) is 5.69. The maximum Gasteiger partial charge on any atom is 0.303 e. The van der Waals surface area contributed by atoms with E-state index in [1.54, 1.807) is 6.07 Å². The van der Waals surface area contributed by atoms with E-state index in [1.165, 1.54) is 0 Å². The van der Waals surface area contributed by atoms with Crippen LogP contribution in [0.2, 0.25) is 0 Å². The number of unbranched alkanes of at least 4 members (excludes halogenated alkanes) is 1. The number of nitriles is 1. The number of carbonyl (C=O) groups is 1. The SMILES string of the molecule is N#C[C@H](O)CCCCC(=O)O. The van der Waals surface area contributed by atoms with Crippen LogP contribution in [-0.4, -0.2) is 22.3 Å². The molecule has 0 aromatic heterocycles. The summed E-state index contributed by atoms with van der Waals surface area (Å²) in [7, 11) is 0. The Morgan fingerprint density at radius 2 is 2.18 bits per heavy atom. The van der Waals surface area contributed by atoms with E-state index in [4.69, 9.17) is 15.5 Å². The van der Waals surface area contributed by atoms with Crippen molar-refractivity contribution < 1.29 is 15.0 Å². The Morgan fingerprint density at radius 3 is 2.64 bits per heavy atom. The Morgan fingerprint density at radius 1 is 1.55 bits per heavy atom. The summed E-state index contributed by atoms with van der Waals surface area (Å²) in [4.78, 5) is 9.99. The molecule has 4 heteroatoms. The van der Waals surface area contributed by atoms with Gasteiger partial charge in [0.2, 0.25) is 0 Å². The lowest BCUT2D eigenvalue weighted by Gasteiger charge is -1.98. The highest BCUT2D eigenvalue weighted by molar-refractivity contribution is 5.66. The van der Waals surface area contributed by atoms with Gasteiger partial charge in [0.1, 0.15) is 6.10 Å². The van der Waals surface area contributed by atoms with Gasteiger partial charge in [0.15, 0.2) is 0 Å². The monoisotopic (exact) mass is 157 g/mol. The molecule has 0 unspecified atom stereocenters. The number of carboxylic acids is 1. The van der Waals surface area contributed by atoms with E-state index >= 15 is 0 Å². The molecular formula is C7H11NO3. The molecule has 0 amide bonds. The molecule has 0 aliphatic rings. The van der Waals surface area contributed by atoms with Crippen molar-refractivity contribution in [3.8, 4) is 6.07 Å². The number of aliphatic hydroxyl groups is 1. The predicted octanol–water partition coefficient (Wildman–Crippen LogP) is 0.516. The van der Waals surface area contributed by atoms with Crippen LogP contribution in [0.3, 0.4) is 0 Å². The Kier molecular flexibility index (Phi) is 5.13. The summed E-state index contributed by atoms with van der Waals surface area (Å²) < 4.78 is 0. The Bertz CT molecular complexity index is 162. The number of aliphatic hydroxyl groups excluding tert-OH is 1. The van der Waals surface area contributed by atoms with Crippen LogP contribution >= 0.6 is 0 Å². The Hall–Kier alpha value is -1.08. The Labute approximate surface area is 65.1 Å². The summed E-state index contributed by atoms with van der Waals surface area (Å²) in [6.45, 7) is 0. The molecule has 0 aliphatic heterocycles. The minimum absolute atomic E-state index is 0.109. The topological polar surface area (TPSA) is 81.3 Å². The average molecular weight is 157 g/mol. The van der Waals surface area contributed by atoms with Crippen LogP contribution in [0, 0.1) is 11.3 Å². The number of carboxylic acid groups (broad SMARTS) is 1. The summed E-state index contributed by atoms with van der Waals surface area (Å²) in [6, 6.07) is 1.66. The summed E-state index contributed by atoms with van der Waals surface area (Å²) in [5, 5.41) is 25.0. The number of rotatable bonds is 5. The van der Waals surface area contributed by atoms with Gasteiger partial charge in [-0.3, -0.25) is 4.79 Å². The molecule has 0 aromatic carbocycles. The van der Waals surface area contributed by atoms with E-state index in [9.17, 15) is 4.79 Å². The van der Waals surface area contributed by atoms with Gasteiger partial charge in [0, 0.05) is 6.42 Å². The zero-order valence-corrected chi connectivity index (χ0v) is 6.16. The van der Waals surface area contributed by atoms with Gasteiger partial charge in [0.25, 0.3) is 0 Å². The molecule has 0 fully saturated rings. The molecular weight excluding hydrogens is 146 g/mol. The van der Waals surface area contributed by atoms with Crippen molar-refractivity contribution in [1.82, 2.24) is 0 Å². The molecule has 0 bridgehead atoms.